The summed E-state index contributed by atoms with van der Waals surface area (Å²) >= 11 is 0. The molecule has 1 heterocycles. The Kier molecular flexibility index (Phi) is 10.9. The van der Waals surface area contributed by atoms with Gasteiger partial charge in [0.25, 0.3) is 0 Å². The molecule has 1 unspecified atom stereocenters. The van der Waals surface area contributed by atoms with Crippen LogP contribution in [0.3, 0.4) is 0 Å². The fourth-order valence-corrected chi connectivity index (χ4v) is 5.48. The van der Waals surface area contributed by atoms with Crippen LogP contribution in [-0.4, -0.2) is 11.2 Å². The van der Waals surface area contributed by atoms with E-state index >= 15 is 0 Å². The fourth-order valence-electron chi connectivity index (χ4n) is 5.48. The van der Waals surface area contributed by atoms with E-state index in [4.69, 9.17) is 9.47 Å². The molecule has 0 bridgehead atoms. The third kappa shape index (κ3) is 9.12. The molecule has 238 valence electrons. The highest BCUT2D eigenvalue weighted by Gasteiger charge is 2.58. The first-order chi connectivity index (χ1) is 21.6. The Morgan fingerprint density at radius 1 is 0.609 bits per heavy atom. The van der Waals surface area contributed by atoms with E-state index in [2.05, 4.69) is 159 Å². The van der Waals surface area contributed by atoms with Crippen LogP contribution in [0.2, 0.25) is 0 Å². The predicted octanol–water partition coefficient (Wildman–Crippen LogP) is 9.93. The molecule has 2 heteroatoms. The number of benzene rings is 2. The number of ether oxygens (including phenoxy) is 2. The van der Waals surface area contributed by atoms with Gasteiger partial charge in [-0.25, -0.2) is 0 Å². The van der Waals surface area contributed by atoms with Gasteiger partial charge >= 0.3 is 0 Å². The number of hydrogen-bond donors (Lipinski definition) is 0. The third-order valence-electron chi connectivity index (χ3n) is 8.24. The van der Waals surface area contributed by atoms with Crippen LogP contribution < -0.4 is 0 Å². The Morgan fingerprint density at radius 3 is 1.54 bits per heavy atom. The minimum Gasteiger partial charge on any atom is -0.339 e. The maximum atomic E-state index is 6.71. The highest BCUT2D eigenvalue weighted by atomic mass is 16.7. The average molecular weight is 611 g/mol. The van der Waals surface area contributed by atoms with E-state index in [-0.39, 0.29) is 22.0 Å². The molecule has 0 aromatic heterocycles. The zero-order valence-corrected chi connectivity index (χ0v) is 29.7. The Bertz CT molecular complexity index is 1710. The smallest absolute Gasteiger partial charge is 0.186 e. The van der Waals surface area contributed by atoms with E-state index in [0.717, 1.165) is 83.9 Å². The zero-order chi connectivity index (χ0) is 33.6. The normalized spacial score (nSPS) is 21.6. The summed E-state index contributed by atoms with van der Waals surface area (Å²) in [6.45, 7) is 21.4. The minimum absolute atomic E-state index is 0.172. The van der Waals surface area contributed by atoms with Crippen molar-refractivity contribution < 1.29 is 9.47 Å². The second-order valence-corrected chi connectivity index (χ2v) is 15.0. The van der Waals surface area contributed by atoms with E-state index in [9.17, 15) is 0 Å². The van der Waals surface area contributed by atoms with Crippen LogP contribution in [0.5, 0.6) is 0 Å². The summed E-state index contributed by atoms with van der Waals surface area (Å²) in [6, 6.07) is 10.3. The molecule has 0 N–H and O–H groups in total. The average Bonchev–Trinajstić information content (AvgIpc) is 3.40. The van der Waals surface area contributed by atoms with Crippen LogP contribution in [-0.2, 0) is 9.47 Å². The molecule has 1 aliphatic carbocycles. The summed E-state index contributed by atoms with van der Waals surface area (Å²) in [6.07, 6.45) is 6.33. The lowest BCUT2D eigenvalue weighted by Crippen LogP contribution is -2.41. The van der Waals surface area contributed by atoms with Crippen molar-refractivity contribution in [1.82, 2.24) is 0 Å². The van der Waals surface area contributed by atoms with Crippen molar-refractivity contribution >= 4 is 0 Å². The Labute approximate surface area is 279 Å². The molecule has 46 heavy (non-hydrogen) atoms. The van der Waals surface area contributed by atoms with Gasteiger partial charge in [-0.1, -0.05) is 73.1 Å². The lowest BCUT2D eigenvalue weighted by molar-refractivity contribution is -0.101. The van der Waals surface area contributed by atoms with Crippen LogP contribution in [0.15, 0.2) is 30.3 Å². The van der Waals surface area contributed by atoms with Gasteiger partial charge in [0.15, 0.2) is 6.29 Å². The van der Waals surface area contributed by atoms with Gasteiger partial charge in [-0.3, -0.25) is 0 Å². The van der Waals surface area contributed by atoms with E-state index in [1.165, 1.54) is 0 Å². The molecule has 2 aromatic rings. The monoisotopic (exact) mass is 610 g/mol. The summed E-state index contributed by atoms with van der Waals surface area (Å²) in [7, 11) is 0. The molecule has 3 atom stereocenters. The van der Waals surface area contributed by atoms with Crippen molar-refractivity contribution in [2.75, 3.05) is 0 Å². The zero-order valence-electron chi connectivity index (χ0n) is 29.7. The largest absolute Gasteiger partial charge is 0.339 e. The summed E-state index contributed by atoms with van der Waals surface area (Å²) in [5.74, 6) is 33.9. The van der Waals surface area contributed by atoms with Crippen LogP contribution in [0.25, 0.3) is 0 Å². The molecule has 2 nitrogen and oxygen atoms in total. The SMILES string of the molecule is CCCC#Cc1cc(C#CCCC)cc(C#Cc2cc(C#CC(C)(C)C)c(C3O[C@]4(C)CCC[C@]4(C)O3)cc2C#CC(C)(C)C)c1. The topological polar surface area (TPSA) is 18.5 Å². The summed E-state index contributed by atoms with van der Waals surface area (Å²) < 4.78 is 13.4. The fraction of sp³-hybridized carbons (Fsp3) is 0.500. The van der Waals surface area contributed by atoms with Gasteiger partial charge in [-0.2, -0.15) is 0 Å². The maximum Gasteiger partial charge on any atom is 0.186 e. The maximum absolute atomic E-state index is 6.71. The third-order valence-corrected chi connectivity index (χ3v) is 8.24. The van der Waals surface area contributed by atoms with Crippen LogP contribution in [0, 0.1) is 70.0 Å². The molecule has 2 aromatic carbocycles. The molecule has 1 aliphatic heterocycles. The minimum atomic E-state index is -0.514. The summed E-state index contributed by atoms with van der Waals surface area (Å²) in [5.41, 5.74) is 5.20. The van der Waals surface area contributed by atoms with Gasteiger partial charge in [0.2, 0.25) is 0 Å². The first-order valence-electron chi connectivity index (χ1n) is 16.9. The predicted molar refractivity (Wildman–Crippen MR) is 191 cm³/mol. The number of unbranched alkanes of at least 4 members (excludes halogenated alkanes) is 2. The molecule has 0 amide bonds. The van der Waals surface area contributed by atoms with E-state index < -0.39 is 6.29 Å². The van der Waals surface area contributed by atoms with Gasteiger partial charge < -0.3 is 9.47 Å². The number of rotatable bonds is 3. The van der Waals surface area contributed by atoms with E-state index in [1.807, 2.05) is 0 Å². The molecular formula is C44H50O2. The van der Waals surface area contributed by atoms with Crippen molar-refractivity contribution in [2.45, 2.75) is 132 Å². The van der Waals surface area contributed by atoms with Crippen molar-refractivity contribution in [3.05, 3.63) is 69.3 Å². The molecule has 0 radical (unpaired) electrons. The van der Waals surface area contributed by atoms with Crippen molar-refractivity contribution in [3.63, 3.8) is 0 Å². The molecular weight excluding hydrogens is 560 g/mol. The van der Waals surface area contributed by atoms with Crippen molar-refractivity contribution in [1.29, 1.82) is 0 Å². The summed E-state index contributed by atoms with van der Waals surface area (Å²) in [5, 5.41) is 0. The summed E-state index contributed by atoms with van der Waals surface area (Å²) in [4.78, 5) is 0. The van der Waals surface area contributed by atoms with Gasteiger partial charge in [0.05, 0.1) is 11.2 Å². The molecule has 1 saturated carbocycles. The molecule has 4 rings (SSSR count). The van der Waals surface area contributed by atoms with E-state index in [0.29, 0.717) is 0 Å². The first kappa shape index (κ1) is 35.0. The second kappa shape index (κ2) is 14.3. The quantitative estimate of drug-likeness (QED) is 0.322. The molecule has 0 spiro atoms. The van der Waals surface area contributed by atoms with Crippen molar-refractivity contribution in [2.24, 2.45) is 10.8 Å². The van der Waals surface area contributed by atoms with Gasteiger partial charge in [0, 0.05) is 62.6 Å². The Hall–Kier alpha value is -3.84. The molecule has 1 saturated heterocycles. The van der Waals surface area contributed by atoms with Gasteiger partial charge in [0.1, 0.15) is 0 Å². The van der Waals surface area contributed by atoms with Crippen molar-refractivity contribution in [3.8, 4) is 59.2 Å². The number of fused-ring (bicyclic) bond motifs is 1. The lowest BCUT2D eigenvalue weighted by Gasteiger charge is -2.29. The highest BCUT2D eigenvalue weighted by Crippen LogP contribution is 2.54. The standard InChI is InChI=1S/C44H50O2/c1-11-13-15-18-33-28-34(19-16-14-12-2)30-35(29-33)20-21-36-31-38(23-27-42(6,7)8)39(32-37(36)22-26-41(3,4)5)40-45-43(9)24-17-25-44(43,10)46-40/h28-32,40H,11-14,17,24-25H2,1-10H3/t40?,43-,44+. The number of hydrogen-bond acceptors (Lipinski definition) is 2. The highest BCUT2D eigenvalue weighted by molar-refractivity contribution is 5.60. The van der Waals surface area contributed by atoms with Crippen LogP contribution in [0.4, 0.5) is 0 Å². The Balaban J connectivity index is 1.89. The first-order valence-corrected chi connectivity index (χ1v) is 16.9. The van der Waals surface area contributed by atoms with Gasteiger partial charge in [-0.05, 0) is 118 Å². The van der Waals surface area contributed by atoms with E-state index in [1.54, 1.807) is 0 Å². The van der Waals surface area contributed by atoms with Crippen LogP contribution >= 0.6 is 0 Å². The lowest BCUT2D eigenvalue weighted by atomic mass is 9.90. The van der Waals surface area contributed by atoms with Crippen LogP contribution in [0.1, 0.15) is 159 Å². The second-order valence-electron chi connectivity index (χ2n) is 15.0. The molecule has 2 fully saturated rings. The molecule has 2 aliphatic rings. The van der Waals surface area contributed by atoms with Gasteiger partial charge in [-0.15, -0.1) is 0 Å². The Morgan fingerprint density at radius 2 is 1.07 bits per heavy atom.